The van der Waals surface area contributed by atoms with Gasteiger partial charge < -0.3 is 36.0 Å². The van der Waals surface area contributed by atoms with Gasteiger partial charge in [-0.05, 0) is 22.9 Å². The van der Waals surface area contributed by atoms with Crippen molar-refractivity contribution in [3.05, 3.63) is 44.8 Å². The number of likely N-dealkylation sites (N-methyl/N-ethyl adjacent to an activating group) is 1. The minimum absolute atomic E-state index is 0. The predicted molar refractivity (Wildman–Crippen MR) is 99.1 cm³/mol. The number of rotatable bonds is 4. The molecule has 2 aromatic rings. The molecule has 5 nitrogen and oxygen atoms in total. The lowest BCUT2D eigenvalue weighted by molar-refractivity contribution is -0.938. The molecule has 146 valence electrons. The second kappa shape index (κ2) is 6.64. The van der Waals surface area contributed by atoms with E-state index >= 15 is 0 Å². The Kier molecular flexibility index (Phi) is 2.20. The average molecular weight is 487 g/mol. The van der Waals surface area contributed by atoms with Crippen LogP contribution < -0.4 is 17.0 Å². The van der Waals surface area contributed by atoms with Gasteiger partial charge in [0.15, 0.2) is 0 Å². The molecule has 4 unspecified atom stereocenters. The third-order valence-electron chi connectivity index (χ3n) is 4.28. The first-order valence-electron chi connectivity index (χ1n) is 14.5. The van der Waals surface area contributed by atoms with Crippen LogP contribution in [0, 0.1) is 0 Å². The Morgan fingerprint density at radius 3 is 2.30 bits per heavy atom. The number of epoxide rings is 1. The smallest absolute Gasteiger partial charge is 0.349 e. The summed E-state index contributed by atoms with van der Waals surface area (Å²) in [6, 6.07) is -2.21. The molecule has 2 bridgehead atoms. The van der Waals surface area contributed by atoms with E-state index in [0.29, 0.717) is 0 Å². The van der Waals surface area contributed by atoms with Gasteiger partial charge >= 0.3 is 5.97 Å². The van der Waals surface area contributed by atoms with Crippen molar-refractivity contribution in [1.29, 1.82) is 0 Å². The zero-order valence-electron chi connectivity index (χ0n) is 27.4. The van der Waals surface area contributed by atoms with E-state index < -0.39 is 73.1 Å². The predicted octanol–water partition coefficient (Wildman–Crippen LogP) is -0.650. The molecule has 0 spiro atoms. The first kappa shape index (κ1) is 8.93. The van der Waals surface area contributed by atoms with E-state index in [1.807, 2.05) is 0 Å². The molecule has 3 aliphatic rings. The molecule has 0 radical (unpaired) electrons. The van der Waals surface area contributed by atoms with Crippen LogP contribution in [-0.4, -0.2) is 59.8 Å². The normalized spacial score (nSPS) is 56.3. The molecule has 3 aliphatic heterocycles. The quantitative estimate of drug-likeness (QED) is 0.355. The topological polar surface area (TPSA) is 59.1 Å². The maximum absolute atomic E-state index is 13.7. The zero-order valence-corrected chi connectivity index (χ0v) is 16.6. The number of thiophene rings is 2. The van der Waals surface area contributed by atoms with Gasteiger partial charge in [-0.2, -0.15) is 0 Å². The Balaban J connectivity index is 0.00000387. The third kappa shape index (κ3) is 2.84. The fraction of sp³-hybridized carbons (Fsp3) is 0.526. The van der Waals surface area contributed by atoms with Crippen molar-refractivity contribution in [2.45, 2.75) is 48.6 Å². The van der Waals surface area contributed by atoms with Crippen LogP contribution in [0.5, 0.6) is 0 Å². The number of ether oxygens (including phenoxy) is 2. The molecule has 27 heavy (non-hydrogen) atoms. The number of aliphatic hydroxyl groups is 1. The van der Waals surface area contributed by atoms with Gasteiger partial charge in [-0.3, -0.25) is 0 Å². The highest BCUT2D eigenvalue weighted by Gasteiger charge is 2.71. The molecule has 4 atom stereocenters. The van der Waals surface area contributed by atoms with Crippen LogP contribution in [0.15, 0.2) is 35.0 Å². The van der Waals surface area contributed by atoms with Gasteiger partial charge in [0.2, 0.25) is 5.60 Å². The van der Waals surface area contributed by atoms with Gasteiger partial charge in [0.25, 0.3) is 0 Å². The molecule has 0 aromatic carbocycles. The molecule has 5 heterocycles. The second-order valence-electron chi connectivity index (χ2n) is 5.87. The Labute approximate surface area is 196 Å². The lowest BCUT2D eigenvalue weighted by atomic mass is 9.95. The molecule has 0 saturated carbocycles. The summed E-state index contributed by atoms with van der Waals surface area (Å²) >= 11 is 1.81. The summed E-state index contributed by atoms with van der Waals surface area (Å²) in [5, 5.41) is 14.6. The summed E-state index contributed by atoms with van der Waals surface area (Å²) in [6.07, 6.45) is -17.5. The number of hydrogen-bond donors (Lipinski definition) is 1. The van der Waals surface area contributed by atoms with Crippen LogP contribution in [-0.2, 0) is 19.9 Å². The van der Waals surface area contributed by atoms with E-state index in [9.17, 15) is 9.90 Å². The van der Waals surface area contributed by atoms with Crippen LogP contribution in [0.25, 0.3) is 0 Å². The molecule has 1 N–H and O–H groups in total. The number of carbonyl (C=O) groups is 1. The summed E-state index contributed by atoms with van der Waals surface area (Å²) in [4.78, 5) is 13.7. The number of nitrogens with zero attached hydrogens (tertiary/aromatic N) is 1. The minimum atomic E-state index is -4.07. The number of esters is 1. The van der Waals surface area contributed by atoms with Crippen molar-refractivity contribution in [2.24, 2.45) is 0 Å². The largest absolute Gasteiger partial charge is 1.00 e. The molecule has 3 fully saturated rings. The minimum Gasteiger partial charge on any atom is -1.00 e. The maximum atomic E-state index is 13.7. The van der Waals surface area contributed by atoms with E-state index in [-0.39, 0.29) is 26.7 Å². The number of piperidine rings is 1. The fourth-order valence-corrected chi connectivity index (χ4v) is 4.67. The Morgan fingerprint density at radius 2 is 1.85 bits per heavy atom. The third-order valence-corrected chi connectivity index (χ3v) is 6.24. The molecule has 0 aliphatic carbocycles. The van der Waals surface area contributed by atoms with Crippen LogP contribution in [0.1, 0.15) is 41.7 Å². The standard InChI is InChI=1S/C19H22NO4S2.BrH/c1-20(2)12-9-11(10-13(20)17-16(12)24-17)23-18(21)19(22,14-5-3-7-25-14)15-6-4-8-26-15;/h3-8,11-13,16-17,22H,9-10H2,1-2H3;1H/q+1;/p-1/i1D3,2D3,9D2,10D2,12D,13D,16D,17D;. The van der Waals surface area contributed by atoms with Crippen molar-refractivity contribution < 1.29 is 60.0 Å². The van der Waals surface area contributed by atoms with Crippen LogP contribution in [0.4, 0.5) is 0 Å². The van der Waals surface area contributed by atoms with Gasteiger partial charge in [-0.15, -0.1) is 22.7 Å². The molecule has 8 heteroatoms. The summed E-state index contributed by atoms with van der Waals surface area (Å²) in [6.45, 7) is -8.14. The molecule has 5 rings (SSSR count). The summed E-state index contributed by atoms with van der Waals surface area (Å²) in [5.41, 5.74) is -2.63. The van der Waals surface area contributed by atoms with E-state index in [0.717, 1.165) is 22.7 Å². The van der Waals surface area contributed by atoms with Crippen LogP contribution in [0.3, 0.4) is 0 Å². The average Bonchev–Trinajstić information content (AvgIpc) is 3.31. The Hall–Kier alpha value is -0.770. The number of fused-ring (bicyclic) bond motifs is 5. The Bertz CT molecular complexity index is 1280. The highest BCUT2D eigenvalue weighted by molar-refractivity contribution is 7.12. The van der Waals surface area contributed by atoms with Gasteiger partial charge in [0.1, 0.15) is 30.3 Å². The highest BCUT2D eigenvalue weighted by atomic mass is 79.9. The van der Waals surface area contributed by atoms with Crippen molar-refractivity contribution in [3.8, 4) is 0 Å². The molecule has 2 aromatic heterocycles. The zero-order chi connectivity index (χ0) is 30.4. The van der Waals surface area contributed by atoms with Gasteiger partial charge in [0.05, 0.1) is 37.4 Å². The number of carbonyl (C=O) groups excluding carboxylic acids is 1. The van der Waals surface area contributed by atoms with Gasteiger partial charge in [-0.25, -0.2) is 4.79 Å². The number of hydrogen-bond acceptors (Lipinski definition) is 6. The van der Waals surface area contributed by atoms with Gasteiger partial charge in [0, 0.05) is 18.2 Å². The van der Waals surface area contributed by atoms with Crippen LogP contribution >= 0.6 is 22.7 Å². The maximum Gasteiger partial charge on any atom is 0.349 e. The van der Waals surface area contributed by atoms with Gasteiger partial charge in [-0.1, -0.05) is 12.1 Å². The summed E-state index contributed by atoms with van der Waals surface area (Å²) < 4.78 is 127. The SMILES string of the molecule is [2H]C1([2H])C(OC(=O)C(O)(c2cccs2)c2cccs2)C([2H])([2H])C2([2H])C3([2H])OC3([2H])C1([2H])[N+]2(C([2H])([2H])[2H])C([2H])([2H])[2H].[Br-]. The first-order chi connectivity index (χ1) is 17.9. The lowest BCUT2D eigenvalue weighted by Gasteiger charge is -2.45. The van der Waals surface area contributed by atoms with E-state index in [1.165, 1.54) is 35.0 Å². The molecular formula is C19H22BrNO4S2. The number of quaternary nitrogens is 1. The second-order valence-corrected chi connectivity index (χ2v) is 7.76. The van der Waals surface area contributed by atoms with Crippen molar-refractivity contribution >= 4 is 28.6 Å². The van der Waals surface area contributed by atoms with Crippen molar-refractivity contribution in [3.63, 3.8) is 0 Å². The van der Waals surface area contributed by atoms with E-state index in [1.54, 1.807) is 0 Å². The van der Waals surface area contributed by atoms with Crippen molar-refractivity contribution in [2.75, 3.05) is 14.0 Å². The number of morpholine rings is 1. The van der Waals surface area contributed by atoms with E-state index in [4.69, 9.17) is 28.7 Å². The highest BCUT2D eigenvalue weighted by Crippen LogP contribution is 2.52. The Morgan fingerprint density at radius 1 is 1.30 bits per heavy atom. The molecule has 3 saturated heterocycles. The first-order valence-corrected chi connectivity index (χ1v) is 9.30. The lowest BCUT2D eigenvalue weighted by Crippen LogP contribution is -3.00. The summed E-state index contributed by atoms with van der Waals surface area (Å²) in [5.74, 6) is -1.66. The van der Waals surface area contributed by atoms with Crippen LogP contribution in [0.2, 0.25) is 0 Å². The fourth-order valence-electron chi connectivity index (χ4n) is 2.96. The molecular weight excluding hydrogens is 450 g/mol. The summed E-state index contributed by atoms with van der Waals surface area (Å²) in [7, 11) is 0. The van der Waals surface area contributed by atoms with E-state index in [2.05, 4.69) is 0 Å². The molecule has 0 amide bonds. The number of halogens is 1. The van der Waals surface area contributed by atoms with Crippen molar-refractivity contribution in [1.82, 2.24) is 0 Å². The monoisotopic (exact) mass is 485 g/mol.